The van der Waals surface area contributed by atoms with Gasteiger partial charge < -0.3 is 24.3 Å². The molecule has 1 amide bonds. The Kier molecular flexibility index (Phi) is 8.43. The number of nitrogens with zero attached hydrogens (tertiary/aromatic N) is 7. The summed E-state index contributed by atoms with van der Waals surface area (Å²) >= 11 is 6.51. The van der Waals surface area contributed by atoms with Crippen LogP contribution < -0.4 is 14.5 Å². The van der Waals surface area contributed by atoms with Crippen LogP contribution in [0, 0.1) is 28.5 Å². The fraction of sp³-hybridized carbons (Fsp3) is 0.486. The van der Waals surface area contributed by atoms with Gasteiger partial charge in [0, 0.05) is 67.9 Å². The number of fused-ring (bicyclic) bond motifs is 2. The number of carbonyl (C=O) groups excluding carboxylic acids is 1. The monoisotopic (exact) mass is 661 g/mol. The molecule has 3 aliphatic heterocycles. The average molecular weight is 662 g/mol. The molecule has 1 atom stereocenters. The third kappa shape index (κ3) is 6.21. The topological polar surface area (TPSA) is 88.8 Å². The van der Waals surface area contributed by atoms with Gasteiger partial charge in [-0.15, -0.1) is 0 Å². The summed E-state index contributed by atoms with van der Waals surface area (Å²) in [4.78, 5) is 30.6. The van der Waals surface area contributed by atoms with Crippen LogP contribution in [0.25, 0.3) is 10.8 Å². The van der Waals surface area contributed by atoms with E-state index in [1.165, 1.54) is 11.0 Å². The highest BCUT2D eigenvalue weighted by molar-refractivity contribution is 6.36. The minimum absolute atomic E-state index is 0.0516. The summed E-state index contributed by atoms with van der Waals surface area (Å²) < 4.78 is 34.9. The SMILES string of the molecule is C=C(F)C(=O)N1CCN(c2nc(OCC3(CN4CC(C)C4)CC3)nc3c2CCN(c2cccc4ccc(F)c(Cl)c24)C3)C[C@@H]1CC#N. The molecule has 12 heteroatoms. The number of anilines is 2. The fourth-order valence-electron chi connectivity index (χ4n) is 7.40. The van der Waals surface area contributed by atoms with Crippen LogP contribution in [-0.4, -0.2) is 84.1 Å². The normalized spacial score (nSPS) is 20.8. The lowest BCUT2D eigenvalue weighted by Gasteiger charge is -2.42. The number of benzene rings is 2. The van der Waals surface area contributed by atoms with Gasteiger partial charge in [0.05, 0.1) is 42.4 Å². The second-order valence-corrected chi connectivity index (χ2v) is 14.0. The van der Waals surface area contributed by atoms with Gasteiger partial charge in [0.15, 0.2) is 5.83 Å². The molecule has 0 bridgehead atoms. The number of aromatic nitrogens is 2. The summed E-state index contributed by atoms with van der Waals surface area (Å²) in [5.74, 6) is -0.843. The predicted molar refractivity (Wildman–Crippen MR) is 177 cm³/mol. The highest BCUT2D eigenvalue weighted by Gasteiger charge is 2.46. The molecule has 246 valence electrons. The minimum Gasteiger partial charge on any atom is -0.463 e. The maximum Gasteiger partial charge on any atom is 0.318 e. The van der Waals surface area contributed by atoms with Crippen molar-refractivity contribution < 1.29 is 18.3 Å². The molecule has 2 aromatic carbocycles. The Balaban J connectivity index is 1.20. The van der Waals surface area contributed by atoms with Gasteiger partial charge in [0.1, 0.15) is 11.6 Å². The van der Waals surface area contributed by atoms with Gasteiger partial charge in [-0.3, -0.25) is 4.79 Å². The number of nitriles is 1. The molecule has 0 unspecified atom stereocenters. The number of hydrogen-bond donors (Lipinski definition) is 0. The Morgan fingerprint density at radius 2 is 1.96 bits per heavy atom. The smallest absolute Gasteiger partial charge is 0.318 e. The number of piperazine rings is 1. The third-order valence-corrected chi connectivity index (χ3v) is 10.4. The minimum atomic E-state index is -1.04. The molecule has 0 N–H and O–H groups in total. The van der Waals surface area contributed by atoms with E-state index >= 15 is 0 Å². The quantitative estimate of drug-likeness (QED) is 0.278. The van der Waals surface area contributed by atoms with Crippen LogP contribution in [-0.2, 0) is 17.8 Å². The zero-order valence-corrected chi connectivity index (χ0v) is 27.3. The van der Waals surface area contributed by atoms with Crippen molar-refractivity contribution in [1.29, 1.82) is 5.26 Å². The number of likely N-dealkylation sites (tertiary alicyclic amines) is 1. The summed E-state index contributed by atoms with van der Waals surface area (Å²) in [5.41, 5.74) is 2.70. The lowest BCUT2D eigenvalue weighted by atomic mass is 9.99. The van der Waals surface area contributed by atoms with Crippen molar-refractivity contribution in [3.8, 4) is 12.1 Å². The molecule has 1 aliphatic carbocycles. The first kappa shape index (κ1) is 31.6. The molecule has 9 nitrogen and oxygen atoms in total. The zero-order valence-electron chi connectivity index (χ0n) is 26.5. The van der Waals surface area contributed by atoms with E-state index in [1.807, 2.05) is 18.2 Å². The zero-order chi connectivity index (χ0) is 32.9. The molecule has 7 rings (SSSR count). The van der Waals surface area contributed by atoms with Crippen molar-refractivity contribution in [2.45, 2.75) is 45.2 Å². The second kappa shape index (κ2) is 12.5. The van der Waals surface area contributed by atoms with E-state index in [9.17, 15) is 18.8 Å². The predicted octanol–water partition coefficient (Wildman–Crippen LogP) is 5.51. The molecule has 3 fully saturated rings. The van der Waals surface area contributed by atoms with E-state index < -0.39 is 23.6 Å². The van der Waals surface area contributed by atoms with Crippen molar-refractivity contribution in [1.82, 2.24) is 19.8 Å². The van der Waals surface area contributed by atoms with E-state index in [2.05, 4.69) is 34.3 Å². The van der Waals surface area contributed by atoms with Crippen LogP contribution in [0.5, 0.6) is 6.01 Å². The largest absolute Gasteiger partial charge is 0.463 e. The maximum atomic E-state index is 14.6. The molecular formula is C35H38ClF2N7O2. The van der Waals surface area contributed by atoms with Crippen LogP contribution in [0.15, 0.2) is 42.7 Å². The van der Waals surface area contributed by atoms with Crippen LogP contribution >= 0.6 is 11.6 Å². The van der Waals surface area contributed by atoms with Gasteiger partial charge in [0.25, 0.3) is 5.91 Å². The van der Waals surface area contributed by atoms with Gasteiger partial charge >= 0.3 is 6.01 Å². The van der Waals surface area contributed by atoms with Crippen molar-refractivity contribution >= 4 is 39.8 Å². The molecule has 3 aromatic rings. The number of rotatable bonds is 9. The van der Waals surface area contributed by atoms with Gasteiger partial charge in [-0.1, -0.05) is 43.3 Å². The van der Waals surface area contributed by atoms with Gasteiger partial charge in [-0.05, 0) is 42.7 Å². The first-order chi connectivity index (χ1) is 22.6. The lowest BCUT2D eigenvalue weighted by Crippen LogP contribution is -2.55. The van der Waals surface area contributed by atoms with Crippen molar-refractivity contribution in [2.24, 2.45) is 11.3 Å². The molecule has 4 heterocycles. The Bertz CT molecular complexity index is 1770. The molecular weight excluding hydrogens is 624 g/mol. The highest BCUT2D eigenvalue weighted by Crippen LogP contribution is 2.47. The third-order valence-electron chi connectivity index (χ3n) is 10.0. The Labute approximate surface area is 278 Å². The first-order valence-electron chi connectivity index (χ1n) is 16.3. The molecule has 4 aliphatic rings. The lowest BCUT2D eigenvalue weighted by molar-refractivity contribution is -0.131. The molecule has 2 saturated heterocycles. The number of halogens is 3. The van der Waals surface area contributed by atoms with Gasteiger partial charge in [-0.2, -0.15) is 15.2 Å². The van der Waals surface area contributed by atoms with E-state index in [-0.39, 0.29) is 23.4 Å². The van der Waals surface area contributed by atoms with Gasteiger partial charge in [0.2, 0.25) is 0 Å². The summed E-state index contributed by atoms with van der Waals surface area (Å²) in [6.07, 6.45) is 2.87. The number of ether oxygens (including phenoxy) is 1. The van der Waals surface area contributed by atoms with Crippen molar-refractivity contribution in [2.75, 3.05) is 62.2 Å². The van der Waals surface area contributed by atoms with E-state index in [0.29, 0.717) is 56.4 Å². The average Bonchev–Trinajstić information content (AvgIpc) is 3.83. The number of carbonyl (C=O) groups is 1. The van der Waals surface area contributed by atoms with Crippen molar-refractivity contribution in [3.05, 3.63) is 64.8 Å². The molecule has 1 saturated carbocycles. The standard InChI is InChI=1S/C35H38ClF2N7O2/c1-22-16-42(17-22)20-35(10-11-35)21-47-34-40-28-19-43(29-5-3-4-24-6-7-27(38)31(36)30(24)29)13-9-26(28)32(41-34)44-14-15-45(33(46)23(2)37)25(18-44)8-12-39/h3-7,22,25H,2,8-11,13-21H2,1H3/t25-/m0/s1. The van der Waals surface area contributed by atoms with Crippen LogP contribution in [0.4, 0.5) is 20.3 Å². The summed E-state index contributed by atoms with van der Waals surface area (Å²) in [7, 11) is 0. The summed E-state index contributed by atoms with van der Waals surface area (Å²) in [6, 6.07) is 10.8. The molecule has 47 heavy (non-hydrogen) atoms. The van der Waals surface area contributed by atoms with Gasteiger partial charge in [-0.25, -0.2) is 8.78 Å². The van der Waals surface area contributed by atoms with Crippen LogP contribution in [0.1, 0.15) is 37.4 Å². The van der Waals surface area contributed by atoms with Crippen LogP contribution in [0.3, 0.4) is 0 Å². The van der Waals surface area contributed by atoms with E-state index in [1.54, 1.807) is 6.07 Å². The van der Waals surface area contributed by atoms with Crippen LogP contribution in [0.2, 0.25) is 5.02 Å². The Morgan fingerprint density at radius 3 is 2.68 bits per heavy atom. The van der Waals surface area contributed by atoms with E-state index in [4.69, 9.17) is 26.3 Å². The highest BCUT2D eigenvalue weighted by atomic mass is 35.5. The van der Waals surface area contributed by atoms with Crippen molar-refractivity contribution in [3.63, 3.8) is 0 Å². The molecule has 1 aromatic heterocycles. The number of amides is 1. The number of hydrogen-bond acceptors (Lipinski definition) is 8. The fourth-order valence-corrected chi connectivity index (χ4v) is 7.67. The summed E-state index contributed by atoms with van der Waals surface area (Å²) in [5, 5.41) is 11.1. The maximum absolute atomic E-state index is 14.6. The Hall–Kier alpha value is -4.01. The Morgan fingerprint density at radius 1 is 1.15 bits per heavy atom. The molecule has 0 radical (unpaired) electrons. The summed E-state index contributed by atoms with van der Waals surface area (Å²) in [6.45, 7) is 11.2. The second-order valence-electron chi connectivity index (χ2n) is 13.6. The van der Waals surface area contributed by atoms with E-state index in [0.717, 1.165) is 60.7 Å². The molecule has 0 spiro atoms. The first-order valence-corrected chi connectivity index (χ1v) is 16.7.